The minimum absolute atomic E-state index is 1.10. The normalized spacial score (nSPS) is 11.4. The van der Waals surface area contributed by atoms with Crippen LogP contribution in [-0.4, -0.2) is 4.57 Å². The lowest BCUT2D eigenvalue weighted by Gasteiger charge is -2.26. The molecule has 0 amide bonds. The van der Waals surface area contributed by atoms with Gasteiger partial charge in [0.15, 0.2) is 0 Å². The van der Waals surface area contributed by atoms with Crippen LogP contribution in [0.3, 0.4) is 0 Å². The van der Waals surface area contributed by atoms with Crippen molar-refractivity contribution in [3.05, 3.63) is 255 Å². The number of hydrogen-bond acceptors (Lipinski definition) is 1. The van der Waals surface area contributed by atoms with Crippen LogP contribution >= 0.6 is 0 Å². The van der Waals surface area contributed by atoms with Gasteiger partial charge in [-0.1, -0.05) is 176 Å². The molecule has 0 aliphatic heterocycles. The van der Waals surface area contributed by atoms with E-state index in [2.05, 4.69) is 264 Å². The predicted octanol–water partition coefficient (Wildman–Crippen LogP) is 17.2. The summed E-state index contributed by atoms with van der Waals surface area (Å²) >= 11 is 0. The molecule has 2 heteroatoms. The second-order valence-electron chi connectivity index (χ2n) is 16.6. The van der Waals surface area contributed by atoms with E-state index in [-0.39, 0.29) is 0 Å². The second kappa shape index (κ2) is 15.8. The molecule has 0 N–H and O–H groups in total. The number of nitrogens with zero attached hydrogens (tertiary/aromatic N) is 2. The van der Waals surface area contributed by atoms with Gasteiger partial charge < -0.3 is 9.47 Å². The highest BCUT2D eigenvalue weighted by molar-refractivity contribution is 6.10. The van der Waals surface area contributed by atoms with Crippen molar-refractivity contribution in [1.82, 2.24) is 4.57 Å². The lowest BCUT2D eigenvalue weighted by molar-refractivity contribution is 1.18. The Morgan fingerprint density at radius 1 is 0.234 bits per heavy atom. The number of aromatic nitrogens is 1. The second-order valence-corrected chi connectivity index (χ2v) is 16.6. The van der Waals surface area contributed by atoms with Crippen LogP contribution in [0.1, 0.15) is 0 Å². The molecule has 0 spiro atoms. The van der Waals surface area contributed by atoms with Gasteiger partial charge in [0, 0.05) is 33.5 Å². The molecule has 0 unspecified atom stereocenters. The van der Waals surface area contributed by atoms with Gasteiger partial charge in [0.1, 0.15) is 0 Å². The van der Waals surface area contributed by atoms with E-state index < -0.39 is 0 Å². The molecular weight excluding hydrogens is 773 g/mol. The van der Waals surface area contributed by atoms with Crippen molar-refractivity contribution >= 4 is 60.4 Å². The summed E-state index contributed by atoms with van der Waals surface area (Å²) in [6.07, 6.45) is 0. The van der Waals surface area contributed by atoms with Gasteiger partial charge in [-0.3, -0.25) is 0 Å². The Balaban J connectivity index is 0.885. The predicted molar refractivity (Wildman–Crippen MR) is 272 cm³/mol. The zero-order valence-corrected chi connectivity index (χ0v) is 35.1. The van der Waals surface area contributed by atoms with Crippen molar-refractivity contribution in [1.29, 1.82) is 0 Å². The topological polar surface area (TPSA) is 8.17 Å². The van der Waals surface area contributed by atoms with Gasteiger partial charge in [-0.2, -0.15) is 0 Å². The minimum Gasteiger partial charge on any atom is -0.311 e. The summed E-state index contributed by atoms with van der Waals surface area (Å²) in [6.45, 7) is 0. The number of rotatable bonds is 8. The van der Waals surface area contributed by atoms with Crippen molar-refractivity contribution in [2.45, 2.75) is 0 Å². The molecule has 0 aliphatic carbocycles. The van der Waals surface area contributed by atoms with Crippen molar-refractivity contribution < 1.29 is 0 Å². The highest BCUT2D eigenvalue weighted by Crippen LogP contribution is 2.40. The SMILES string of the molecule is c1ccc(-c2ccc(N(c3ccc(-c4ccc5ccccc5c4)cc3)c3ccc(-c4ccc5c(c4)c4ccccc4n5-c4ccc(-c5ccc6ccccc6c5)cc4)cc3)cc2)cc1. The molecule has 2 nitrogen and oxygen atoms in total. The smallest absolute Gasteiger partial charge is 0.0541 e. The fourth-order valence-electron chi connectivity index (χ4n) is 9.46. The Kier molecular flexibility index (Phi) is 9.20. The fraction of sp³-hybridized carbons (Fsp3) is 0. The highest BCUT2D eigenvalue weighted by Gasteiger charge is 2.16. The Bertz CT molecular complexity index is 3620. The first-order chi connectivity index (χ1) is 31.7. The summed E-state index contributed by atoms with van der Waals surface area (Å²) in [5.74, 6) is 0. The molecule has 64 heavy (non-hydrogen) atoms. The molecule has 300 valence electrons. The molecule has 1 aromatic heterocycles. The highest BCUT2D eigenvalue weighted by atomic mass is 15.1. The third kappa shape index (κ3) is 6.79. The fourth-order valence-corrected chi connectivity index (χ4v) is 9.46. The first-order valence-corrected chi connectivity index (χ1v) is 22.0. The largest absolute Gasteiger partial charge is 0.311 e. The van der Waals surface area contributed by atoms with Crippen LogP contribution in [0.2, 0.25) is 0 Å². The maximum absolute atomic E-state index is 2.40. The quantitative estimate of drug-likeness (QED) is 0.148. The molecule has 0 radical (unpaired) electrons. The number of hydrogen-bond donors (Lipinski definition) is 0. The van der Waals surface area contributed by atoms with Gasteiger partial charge in [0.05, 0.1) is 11.0 Å². The molecule has 12 rings (SSSR count). The van der Waals surface area contributed by atoms with Crippen molar-refractivity contribution in [2.75, 3.05) is 4.90 Å². The standard InChI is InChI=1S/C62H42N2/c1-2-10-43(11-3-1)46-22-31-55(32-23-46)63(56-33-24-47(25-34-56)52-20-18-44-12-4-6-14-50(44)40-52)57-35-26-49(27-36-57)54-30-39-62-60(42-54)59-16-8-9-17-61(59)64(62)58-37-28-48(29-38-58)53-21-19-45-13-5-7-15-51(45)41-53/h1-42H. The van der Waals surface area contributed by atoms with E-state index in [1.165, 1.54) is 87.9 Å². The van der Waals surface area contributed by atoms with Gasteiger partial charge >= 0.3 is 0 Å². The maximum Gasteiger partial charge on any atom is 0.0541 e. The Hall–Kier alpha value is -8.46. The lowest BCUT2D eigenvalue weighted by atomic mass is 10.00. The van der Waals surface area contributed by atoms with E-state index in [9.17, 15) is 0 Å². The van der Waals surface area contributed by atoms with E-state index in [1.807, 2.05) is 0 Å². The number of fused-ring (bicyclic) bond motifs is 5. The zero-order chi connectivity index (χ0) is 42.4. The first kappa shape index (κ1) is 37.3. The maximum atomic E-state index is 2.40. The van der Waals surface area contributed by atoms with Crippen LogP contribution in [0.15, 0.2) is 255 Å². The van der Waals surface area contributed by atoms with Crippen molar-refractivity contribution in [2.24, 2.45) is 0 Å². The first-order valence-electron chi connectivity index (χ1n) is 22.0. The van der Waals surface area contributed by atoms with Crippen molar-refractivity contribution in [3.63, 3.8) is 0 Å². The summed E-state index contributed by atoms with van der Waals surface area (Å²) in [4.78, 5) is 2.35. The van der Waals surface area contributed by atoms with Gasteiger partial charge in [-0.15, -0.1) is 0 Å². The third-order valence-electron chi connectivity index (χ3n) is 12.8. The monoisotopic (exact) mass is 814 g/mol. The summed E-state index contributed by atoms with van der Waals surface area (Å²) in [7, 11) is 0. The van der Waals surface area contributed by atoms with E-state index in [4.69, 9.17) is 0 Å². The number of para-hydroxylation sites is 1. The van der Waals surface area contributed by atoms with E-state index in [0.29, 0.717) is 0 Å². The minimum atomic E-state index is 1.10. The molecule has 0 atom stereocenters. The summed E-state index contributed by atoms with van der Waals surface area (Å²) in [5.41, 5.74) is 16.4. The van der Waals surface area contributed by atoms with E-state index in [1.54, 1.807) is 0 Å². The molecular formula is C62H42N2. The van der Waals surface area contributed by atoms with Crippen LogP contribution in [0, 0.1) is 0 Å². The van der Waals surface area contributed by atoms with Crippen LogP contribution in [-0.2, 0) is 0 Å². The molecule has 11 aromatic carbocycles. The van der Waals surface area contributed by atoms with Crippen LogP contribution in [0.25, 0.3) is 93.5 Å². The van der Waals surface area contributed by atoms with Gasteiger partial charge in [0.25, 0.3) is 0 Å². The Morgan fingerprint density at radius 3 is 1.16 bits per heavy atom. The number of benzene rings is 11. The summed E-state index contributed by atoms with van der Waals surface area (Å²) in [5, 5.41) is 7.49. The van der Waals surface area contributed by atoms with Crippen LogP contribution in [0.4, 0.5) is 17.1 Å². The van der Waals surface area contributed by atoms with Gasteiger partial charge in [-0.05, 0) is 145 Å². The molecule has 0 saturated heterocycles. The molecule has 0 fully saturated rings. The molecule has 0 bridgehead atoms. The van der Waals surface area contributed by atoms with Gasteiger partial charge in [-0.25, -0.2) is 0 Å². The lowest BCUT2D eigenvalue weighted by Crippen LogP contribution is -2.09. The zero-order valence-electron chi connectivity index (χ0n) is 35.1. The summed E-state index contributed by atoms with van der Waals surface area (Å²) < 4.78 is 2.40. The van der Waals surface area contributed by atoms with Crippen LogP contribution < -0.4 is 4.90 Å². The van der Waals surface area contributed by atoms with E-state index >= 15 is 0 Å². The Morgan fingerprint density at radius 2 is 0.609 bits per heavy atom. The summed E-state index contributed by atoms with van der Waals surface area (Å²) in [6, 6.07) is 92.6. The molecule has 1 heterocycles. The molecule has 0 aliphatic rings. The average Bonchev–Trinajstić information content (AvgIpc) is 3.71. The third-order valence-corrected chi connectivity index (χ3v) is 12.8. The van der Waals surface area contributed by atoms with Crippen molar-refractivity contribution in [3.8, 4) is 50.2 Å². The molecule has 12 aromatic rings. The molecule has 0 saturated carbocycles. The Labute approximate surface area is 373 Å². The van der Waals surface area contributed by atoms with Gasteiger partial charge in [0.2, 0.25) is 0 Å². The van der Waals surface area contributed by atoms with Crippen LogP contribution in [0.5, 0.6) is 0 Å². The van der Waals surface area contributed by atoms with E-state index in [0.717, 1.165) is 22.7 Å². The average molecular weight is 815 g/mol. The number of anilines is 3.